The number of hydrogen-bond donors (Lipinski definition) is 1. The van der Waals surface area contributed by atoms with Crippen molar-refractivity contribution in [2.75, 3.05) is 0 Å². The summed E-state index contributed by atoms with van der Waals surface area (Å²) < 4.78 is 1.04. The number of hydrazone groups is 1. The summed E-state index contributed by atoms with van der Waals surface area (Å²) in [5.74, 6) is 0.670. The maximum absolute atomic E-state index is 4.02. The van der Waals surface area contributed by atoms with Crippen molar-refractivity contribution in [1.82, 2.24) is 5.43 Å². The van der Waals surface area contributed by atoms with Gasteiger partial charge in [0.05, 0.1) is 6.04 Å². The Morgan fingerprint density at radius 2 is 2.44 bits per heavy atom. The molecule has 1 N–H and O–H groups in total. The van der Waals surface area contributed by atoms with Crippen molar-refractivity contribution >= 4 is 20.6 Å². The fraction of sp³-hybridized carbons (Fsp3) is 0.833. The second kappa shape index (κ2) is 2.69. The molecule has 1 atom stereocenters. The Hall–Kier alpha value is -0.0500. The normalized spacial score (nSPS) is 26.2. The molecule has 1 aliphatic heterocycles. The van der Waals surface area contributed by atoms with Crippen molar-refractivity contribution in [2.24, 2.45) is 11.0 Å². The molecular formula is C6H11BrN2. The number of rotatable bonds is 1. The van der Waals surface area contributed by atoms with Crippen molar-refractivity contribution in [3.05, 3.63) is 0 Å². The number of nitrogens with one attached hydrogen (secondary N) is 1. The minimum absolute atomic E-state index is 0.541. The molecule has 1 unspecified atom stereocenters. The van der Waals surface area contributed by atoms with E-state index < -0.39 is 0 Å². The van der Waals surface area contributed by atoms with E-state index in [1.807, 2.05) is 0 Å². The van der Waals surface area contributed by atoms with Crippen LogP contribution in [0.2, 0.25) is 0 Å². The Bertz CT molecular complexity index is 131. The first kappa shape index (κ1) is 7.06. The summed E-state index contributed by atoms with van der Waals surface area (Å²) in [6, 6.07) is 0.541. The predicted molar refractivity (Wildman–Crippen MR) is 42.7 cm³/mol. The van der Waals surface area contributed by atoms with E-state index in [1.165, 1.54) is 0 Å². The molecule has 52 valence electrons. The van der Waals surface area contributed by atoms with Gasteiger partial charge in [-0.2, -0.15) is 5.10 Å². The first-order valence-corrected chi connectivity index (χ1v) is 3.97. The van der Waals surface area contributed by atoms with E-state index in [9.17, 15) is 0 Å². The van der Waals surface area contributed by atoms with Crippen molar-refractivity contribution in [2.45, 2.75) is 26.3 Å². The molecular weight excluding hydrogens is 180 g/mol. The van der Waals surface area contributed by atoms with E-state index >= 15 is 0 Å². The summed E-state index contributed by atoms with van der Waals surface area (Å²) in [4.78, 5) is 0. The van der Waals surface area contributed by atoms with Crippen molar-refractivity contribution in [3.8, 4) is 0 Å². The van der Waals surface area contributed by atoms with Crippen molar-refractivity contribution in [3.63, 3.8) is 0 Å². The molecule has 0 radical (unpaired) electrons. The average Bonchev–Trinajstić information content (AvgIpc) is 2.14. The van der Waals surface area contributed by atoms with Gasteiger partial charge in [0, 0.05) is 6.42 Å². The lowest BCUT2D eigenvalue weighted by Gasteiger charge is -2.12. The van der Waals surface area contributed by atoms with E-state index in [0.717, 1.165) is 11.0 Å². The summed E-state index contributed by atoms with van der Waals surface area (Å²) in [5, 5.41) is 4.02. The van der Waals surface area contributed by atoms with Gasteiger partial charge in [0.2, 0.25) is 0 Å². The van der Waals surface area contributed by atoms with Gasteiger partial charge >= 0.3 is 0 Å². The molecule has 2 nitrogen and oxygen atoms in total. The van der Waals surface area contributed by atoms with Gasteiger partial charge in [-0.15, -0.1) is 0 Å². The van der Waals surface area contributed by atoms with Gasteiger partial charge in [-0.05, 0) is 21.8 Å². The van der Waals surface area contributed by atoms with E-state index in [1.54, 1.807) is 0 Å². The summed E-state index contributed by atoms with van der Waals surface area (Å²) in [5.41, 5.74) is 3.05. The molecule has 0 fully saturated rings. The van der Waals surface area contributed by atoms with Gasteiger partial charge in [0.15, 0.2) is 0 Å². The molecule has 0 aromatic heterocycles. The smallest absolute Gasteiger partial charge is 0.105 e. The molecule has 3 heteroatoms. The molecule has 1 aliphatic rings. The van der Waals surface area contributed by atoms with Crippen LogP contribution in [-0.2, 0) is 0 Å². The van der Waals surface area contributed by atoms with Crippen molar-refractivity contribution in [1.29, 1.82) is 0 Å². The molecule has 1 heterocycles. The number of halogens is 1. The molecule has 9 heavy (non-hydrogen) atoms. The highest BCUT2D eigenvalue weighted by Gasteiger charge is 2.18. The zero-order chi connectivity index (χ0) is 6.85. The van der Waals surface area contributed by atoms with Crippen LogP contribution in [0.15, 0.2) is 5.10 Å². The molecule has 0 saturated heterocycles. The third-order valence-corrected chi connectivity index (χ3v) is 2.05. The van der Waals surface area contributed by atoms with Crippen molar-refractivity contribution < 1.29 is 0 Å². The molecule has 1 rings (SSSR count). The topological polar surface area (TPSA) is 24.4 Å². The van der Waals surface area contributed by atoms with Crippen LogP contribution < -0.4 is 5.43 Å². The molecule has 0 bridgehead atoms. The fourth-order valence-electron chi connectivity index (χ4n) is 0.810. The zero-order valence-corrected chi connectivity index (χ0v) is 7.27. The zero-order valence-electron chi connectivity index (χ0n) is 5.69. The third-order valence-electron chi connectivity index (χ3n) is 1.54. The summed E-state index contributed by atoms with van der Waals surface area (Å²) in [7, 11) is 0. The van der Waals surface area contributed by atoms with E-state index in [0.29, 0.717) is 12.0 Å². The Kier molecular flexibility index (Phi) is 2.11. The lowest BCUT2D eigenvalue weighted by Crippen LogP contribution is -2.25. The van der Waals surface area contributed by atoms with E-state index in [2.05, 4.69) is 40.3 Å². The minimum atomic E-state index is 0.541. The largest absolute Gasteiger partial charge is 0.306 e. The van der Waals surface area contributed by atoms with Gasteiger partial charge in [-0.3, -0.25) is 0 Å². The standard InChI is InChI=1S/C6H11BrN2/c1-4(2)5-3-6(7)9-8-5/h4-5,8H,3H2,1-2H3. The van der Waals surface area contributed by atoms with Gasteiger partial charge in [-0.1, -0.05) is 13.8 Å². The predicted octanol–water partition coefficient (Wildman–Crippen LogP) is 1.71. The highest BCUT2D eigenvalue weighted by atomic mass is 79.9. The van der Waals surface area contributed by atoms with Crippen LogP contribution >= 0.6 is 15.9 Å². The van der Waals surface area contributed by atoms with Gasteiger partial charge in [0.25, 0.3) is 0 Å². The second-order valence-electron chi connectivity index (χ2n) is 2.67. The van der Waals surface area contributed by atoms with Crippen LogP contribution in [0.3, 0.4) is 0 Å². The molecule has 0 aliphatic carbocycles. The second-order valence-corrected chi connectivity index (χ2v) is 3.59. The maximum Gasteiger partial charge on any atom is 0.105 e. The third kappa shape index (κ3) is 1.68. The first-order valence-electron chi connectivity index (χ1n) is 3.17. The molecule has 0 aromatic rings. The highest BCUT2D eigenvalue weighted by Crippen LogP contribution is 2.14. The lowest BCUT2D eigenvalue weighted by atomic mass is 10.0. The van der Waals surface area contributed by atoms with Crippen LogP contribution in [-0.4, -0.2) is 10.7 Å². The van der Waals surface area contributed by atoms with Gasteiger partial charge in [-0.25, -0.2) is 0 Å². The lowest BCUT2D eigenvalue weighted by molar-refractivity contribution is 0.443. The van der Waals surface area contributed by atoms with Crippen LogP contribution in [0.4, 0.5) is 0 Å². The van der Waals surface area contributed by atoms with Gasteiger partial charge in [0.1, 0.15) is 4.62 Å². The first-order chi connectivity index (χ1) is 4.20. The molecule has 0 aromatic carbocycles. The van der Waals surface area contributed by atoms with Crippen LogP contribution in [0.25, 0.3) is 0 Å². The van der Waals surface area contributed by atoms with Gasteiger partial charge < -0.3 is 5.43 Å². The number of hydrogen-bond acceptors (Lipinski definition) is 2. The van der Waals surface area contributed by atoms with Crippen LogP contribution in [0.5, 0.6) is 0 Å². The Balaban J connectivity index is 2.37. The van der Waals surface area contributed by atoms with Crippen LogP contribution in [0, 0.1) is 5.92 Å². The Morgan fingerprint density at radius 3 is 2.67 bits per heavy atom. The van der Waals surface area contributed by atoms with E-state index in [-0.39, 0.29) is 0 Å². The van der Waals surface area contributed by atoms with Crippen LogP contribution in [0.1, 0.15) is 20.3 Å². The fourth-order valence-corrected chi connectivity index (χ4v) is 1.26. The summed E-state index contributed by atoms with van der Waals surface area (Å²) >= 11 is 3.33. The summed E-state index contributed by atoms with van der Waals surface area (Å²) in [6.45, 7) is 4.39. The maximum atomic E-state index is 4.02. The molecule has 0 saturated carbocycles. The number of nitrogens with zero attached hydrogens (tertiary/aromatic N) is 1. The average molecular weight is 191 g/mol. The monoisotopic (exact) mass is 190 g/mol. The molecule has 0 amide bonds. The summed E-state index contributed by atoms with van der Waals surface area (Å²) in [6.07, 6.45) is 1.04. The van der Waals surface area contributed by atoms with E-state index in [4.69, 9.17) is 0 Å². The minimum Gasteiger partial charge on any atom is -0.306 e. The SMILES string of the molecule is CC(C)C1CC(Br)=NN1. The Labute approximate surface area is 63.8 Å². The highest BCUT2D eigenvalue weighted by molar-refractivity contribution is 9.18. The molecule has 0 spiro atoms. The Morgan fingerprint density at radius 1 is 1.78 bits per heavy atom. The quantitative estimate of drug-likeness (QED) is 0.670.